The van der Waals surface area contributed by atoms with Crippen LogP contribution in [-0.4, -0.2) is 86.0 Å². The average molecular weight is 903 g/mol. The van der Waals surface area contributed by atoms with E-state index in [1.54, 1.807) is 11.3 Å². The van der Waals surface area contributed by atoms with Crippen LogP contribution in [-0.2, 0) is 49.5 Å². The predicted molar refractivity (Wildman–Crippen MR) is 234 cm³/mol. The van der Waals surface area contributed by atoms with Crippen molar-refractivity contribution in [1.29, 1.82) is 0 Å². The molecule has 0 radical (unpaired) electrons. The number of fused-ring (bicyclic) bond motifs is 2. The fraction of sp³-hybridized carbons (Fsp3) is 0.500. The lowest BCUT2D eigenvalue weighted by Gasteiger charge is -2.37. The number of carbonyl (C=O) groups excluding carboxylic acids is 6. The molecule has 1 aromatic heterocycles. The number of nitrogens with zero attached hydrogens (tertiary/aromatic N) is 3. The number of epoxide rings is 1. The third kappa shape index (κ3) is 11.3. The van der Waals surface area contributed by atoms with Crippen molar-refractivity contribution in [2.24, 2.45) is 17.3 Å². The molecule has 3 amide bonds. The number of nitrogens with one attached hydrogen (secondary N) is 1. The van der Waals surface area contributed by atoms with Gasteiger partial charge in [-0.3, -0.25) is 39.0 Å². The first-order valence-corrected chi connectivity index (χ1v) is 22.1. The molecule has 342 valence electrons. The summed E-state index contributed by atoms with van der Waals surface area (Å²) in [5.74, 6) is -4.06. The van der Waals surface area contributed by atoms with Crippen LogP contribution in [0.5, 0.6) is 0 Å². The number of esters is 1. The number of aliphatic hydroxyl groups excluding tert-OH is 1. The Kier molecular flexibility index (Phi) is 14.8. The standard InChI is InChI=1S/C46H54N4O13S/c1-7-10-30-42(55)26(2)11-8-19-46(6)37(63-46)23-34(29-14-16-35-32(22-29)47-27(3)64-35)61-41(54)24-36(45(4,5)43(30)56)62-44(57)60-25-28-13-15-31(33(21-28)50(58)59)48-38(51)12-9-20-49-39(52)17-18-40(49)53/h7,13-18,21-22,26,30,34,36-37,42,55H,1,8-12,19-20,23-25H2,2-6H3,(H,48,51)/t26-,30+,34-,36-,37+,42-,46-/m0/s1. The number of ether oxygens (including phenoxy) is 4. The van der Waals surface area contributed by atoms with E-state index < -0.39 is 94.5 Å². The molecule has 18 heteroatoms. The zero-order valence-corrected chi connectivity index (χ0v) is 37.4. The number of ketones is 1. The van der Waals surface area contributed by atoms with E-state index in [1.165, 1.54) is 32.1 Å². The highest BCUT2D eigenvalue weighted by atomic mass is 32.1. The fourth-order valence-corrected chi connectivity index (χ4v) is 9.16. The van der Waals surface area contributed by atoms with Crippen molar-refractivity contribution >= 4 is 68.6 Å². The lowest BCUT2D eigenvalue weighted by atomic mass is 9.71. The van der Waals surface area contributed by atoms with Crippen LogP contribution in [0.2, 0.25) is 0 Å². The number of carbonyl (C=O) groups is 6. The number of hydrogen-bond acceptors (Lipinski definition) is 15. The zero-order chi connectivity index (χ0) is 46.5. The monoisotopic (exact) mass is 902 g/mol. The summed E-state index contributed by atoms with van der Waals surface area (Å²) in [6, 6.07) is 9.45. The van der Waals surface area contributed by atoms with Gasteiger partial charge >= 0.3 is 12.1 Å². The van der Waals surface area contributed by atoms with Crippen molar-refractivity contribution in [3.63, 3.8) is 0 Å². The number of allylic oxidation sites excluding steroid dienone is 1. The van der Waals surface area contributed by atoms with Gasteiger partial charge in [0.15, 0.2) is 0 Å². The number of cyclic esters (lactones) is 1. The van der Waals surface area contributed by atoms with E-state index in [0.29, 0.717) is 31.2 Å². The maximum atomic E-state index is 14.5. The number of aryl methyl sites for hydroxylation is 1. The smallest absolute Gasteiger partial charge is 0.457 e. The lowest BCUT2D eigenvalue weighted by Crippen LogP contribution is -2.48. The maximum Gasteiger partial charge on any atom is 0.508 e. The van der Waals surface area contributed by atoms with Crippen molar-refractivity contribution < 1.29 is 57.7 Å². The summed E-state index contributed by atoms with van der Waals surface area (Å²) in [6.07, 6.45) is 0.859. The molecule has 4 heterocycles. The molecule has 0 spiro atoms. The van der Waals surface area contributed by atoms with Crippen molar-refractivity contribution in [1.82, 2.24) is 9.88 Å². The number of aromatic nitrogens is 1. The molecule has 3 aliphatic rings. The number of aliphatic hydroxyl groups is 1. The number of hydrogen-bond donors (Lipinski definition) is 2. The number of amides is 3. The summed E-state index contributed by atoms with van der Waals surface area (Å²) in [6.45, 7) is 12.1. The van der Waals surface area contributed by atoms with Crippen LogP contribution >= 0.6 is 11.3 Å². The number of rotatable bonds is 12. The molecule has 0 unspecified atom stereocenters. The molecule has 2 aromatic carbocycles. The summed E-state index contributed by atoms with van der Waals surface area (Å²) < 4.78 is 24.5. The van der Waals surface area contributed by atoms with Gasteiger partial charge in [0.05, 0.1) is 49.8 Å². The maximum absolute atomic E-state index is 14.5. The van der Waals surface area contributed by atoms with Gasteiger partial charge in [-0.25, -0.2) is 9.78 Å². The lowest BCUT2D eigenvalue weighted by molar-refractivity contribution is -0.384. The summed E-state index contributed by atoms with van der Waals surface area (Å²) in [5.41, 5.74) is -1.09. The Balaban J connectivity index is 1.19. The molecule has 7 atom stereocenters. The van der Waals surface area contributed by atoms with Crippen LogP contribution in [0.15, 0.2) is 61.2 Å². The molecule has 64 heavy (non-hydrogen) atoms. The number of nitro groups is 1. The van der Waals surface area contributed by atoms with Crippen LogP contribution in [0, 0.1) is 34.3 Å². The Hall–Kier alpha value is -5.85. The second-order valence-electron chi connectivity index (χ2n) is 17.4. The number of imide groups is 1. The summed E-state index contributed by atoms with van der Waals surface area (Å²) in [4.78, 5) is 95.2. The van der Waals surface area contributed by atoms with Gasteiger partial charge in [0.2, 0.25) is 5.91 Å². The predicted octanol–water partition coefficient (Wildman–Crippen LogP) is 7.37. The molecule has 3 aliphatic heterocycles. The largest absolute Gasteiger partial charge is 0.508 e. The Morgan fingerprint density at radius 2 is 1.86 bits per heavy atom. The molecule has 0 saturated carbocycles. The summed E-state index contributed by atoms with van der Waals surface area (Å²) in [5, 5.41) is 27.0. The van der Waals surface area contributed by atoms with Crippen LogP contribution in [0.25, 0.3) is 10.2 Å². The van der Waals surface area contributed by atoms with Gasteiger partial charge in [-0.2, -0.15) is 0 Å². The summed E-state index contributed by atoms with van der Waals surface area (Å²) >= 11 is 1.54. The Morgan fingerprint density at radius 3 is 2.56 bits per heavy atom. The minimum absolute atomic E-state index is 0.00338. The SMILES string of the molecule is C=CC[C@H]1C(=O)C(C)(C)[C@@H](OC(=O)OCc2ccc(NC(=O)CCCN3C(=O)C=CC3=O)c([N+](=O)[O-])c2)CC(=O)O[C@H](c2ccc3sc(C)nc3c2)C[C@H]2O[C@@]2(C)CCC[C@H](C)[C@@H]1O. The van der Waals surface area contributed by atoms with E-state index in [0.717, 1.165) is 38.3 Å². The Bertz CT molecular complexity index is 2340. The quantitative estimate of drug-likeness (QED) is 0.0451. The second kappa shape index (κ2) is 19.9. The molecule has 6 rings (SSSR count). The highest BCUT2D eigenvalue weighted by Crippen LogP contribution is 2.47. The van der Waals surface area contributed by atoms with Gasteiger partial charge in [0, 0.05) is 43.5 Å². The zero-order valence-electron chi connectivity index (χ0n) is 36.5. The van der Waals surface area contributed by atoms with E-state index in [1.807, 2.05) is 39.0 Å². The first kappa shape index (κ1) is 47.6. The van der Waals surface area contributed by atoms with Gasteiger partial charge in [0.1, 0.15) is 30.3 Å². The molecule has 0 aliphatic carbocycles. The van der Waals surface area contributed by atoms with Crippen molar-refractivity contribution in [3.05, 3.63) is 87.5 Å². The van der Waals surface area contributed by atoms with E-state index >= 15 is 0 Å². The molecule has 2 fully saturated rings. The Labute approximate surface area is 374 Å². The summed E-state index contributed by atoms with van der Waals surface area (Å²) in [7, 11) is 0. The number of benzene rings is 2. The normalized spacial score (nSPS) is 26.2. The third-order valence-electron chi connectivity index (χ3n) is 12.3. The van der Waals surface area contributed by atoms with Crippen LogP contribution in [0.3, 0.4) is 0 Å². The van der Waals surface area contributed by atoms with E-state index in [2.05, 4.69) is 16.9 Å². The molecule has 0 bridgehead atoms. The molecule has 2 saturated heterocycles. The van der Waals surface area contributed by atoms with E-state index in [4.69, 9.17) is 18.9 Å². The van der Waals surface area contributed by atoms with Gasteiger partial charge < -0.3 is 29.4 Å². The molecule has 2 N–H and O–H groups in total. The number of Topliss-reactive ketones (excluding diaryl/α,β-unsaturated/α-hetero) is 1. The van der Waals surface area contributed by atoms with Crippen molar-refractivity contribution in [2.45, 2.75) is 123 Å². The van der Waals surface area contributed by atoms with Gasteiger partial charge in [0.25, 0.3) is 17.5 Å². The molecule has 17 nitrogen and oxygen atoms in total. The topological polar surface area (TPSA) is 234 Å². The minimum atomic E-state index is -1.58. The first-order chi connectivity index (χ1) is 30.3. The third-order valence-corrected chi connectivity index (χ3v) is 13.3. The van der Waals surface area contributed by atoms with Crippen LogP contribution in [0.1, 0.15) is 101 Å². The van der Waals surface area contributed by atoms with Crippen LogP contribution < -0.4 is 5.32 Å². The number of anilines is 1. The van der Waals surface area contributed by atoms with E-state index in [-0.39, 0.29) is 49.1 Å². The molecular formula is C46H54N4O13S. The second-order valence-corrected chi connectivity index (χ2v) is 18.7. The molecule has 3 aromatic rings. The van der Waals surface area contributed by atoms with Crippen LogP contribution in [0.4, 0.5) is 16.2 Å². The van der Waals surface area contributed by atoms with Gasteiger partial charge in [-0.1, -0.05) is 31.6 Å². The highest BCUT2D eigenvalue weighted by molar-refractivity contribution is 7.18. The fourth-order valence-electron chi connectivity index (χ4n) is 8.36. The van der Waals surface area contributed by atoms with Gasteiger partial charge in [-0.15, -0.1) is 17.9 Å². The van der Waals surface area contributed by atoms with Gasteiger partial charge in [-0.05, 0) is 88.6 Å². The van der Waals surface area contributed by atoms with Crippen molar-refractivity contribution in [3.8, 4) is 0 Å². The number of nitro benzene ring substituents is 1. The first-order valence-electron chi connectivity index (χ1n) is 21.3. The highest BCUT2D eigenvalue weighted by Gasteiger charge is 2.53. The minimum Gasteiger partial charge on any atom is -0.457 e. The Morgan fingerprint density at radius 1 is 1.12 bits per heavy atom. The number of thiazole rings is 1. The van der Waals surface area contributed by atoms with Crippen molar-refractivity contribution in [2.75, 3.05) is 11.9 Å². The van der Waals surface area contributed by atoms with E-state index in [9.17, 15) is 44.0 Å². The average Bonchev–Trinajstić information content (AvgIpc) is 3.52. The molecular weight excluding hydrogens is 849 g/mol.